The molecule has 0 saturated carbocycles. The summed E-state index contributed by atoms with van der Waals surface area (Å²) in [6, 6.07) is 5.60. The second-order valence-corrected chi connectivity index (χ2v) is 3.91. The van der Waals surface area contributed by atoms with E-state index in [0.29, 0.717) is 5.71 Å². The van der Waals surface area contributed by atoms with Crippen LogP contribution in [0.2, 0.25) is 0 Å². The highest BCUT2D eigenvalue weighted by molar-refractivity contribution is 6.13. The Hall–Kier alpha value is -2.17. The molecule has 2 aliphatic rings. The van der Waals surface area contributed by atoms with Crippen molar-refractivity contribution in [2.75, 3.05) is 0 Å². The molecule has 0 aliphatic carbocycles. The van der Waals surface area contributed by atoms with E-state index in [9.17, 15) is 9.18 Å². The van der Waals surface area contributed by atoms with Crippen molar-refractivity contribution in [3.8, 4) is 0 Å². The fourth-order valence-corrected chi connectivity index (χ4v) is 2.08. The molecule has 1 aromatic rings. The summed E-state index contributed by atoms with van der Waals surface area (Å²) in [6.45, 7) is 0. The number of nitrogens with zero attached hydrogens (tertiary/aromatic N) is 2. The quantitative estimate of drug-likeness (QED) is 0.768. The largest absolute Gasteiger partial charge is 0.352 e. The second-order valence-electron chi connectivity index (χ2n) is 3.91. The summed E-state index contributed by atoms with van der Waals surface area (Å²) in [7, 11) is 0. The van der Waals surface area contributed by atoms with Gasteiger partial charge in [-0.25, -0.2) is 9.38 Å². The molecule has 2 heterocycles. The number of halogens is 1. The van der Waals surface area contributed by atoms with Crippen molar-refractivity contribution in [2.45, 2.75) is 12.3 Å². The first kappa shape index (κ1) is 10.0. The van der Waals surface area contributed by atoms with E-state index >= 15 is 0 Å². The molecule has 2 unspecified atom stereocenters. The van der Waals surface area contributed by atoms with Crippen LogP contribution in [0.5, 0.6) is 0 Å². The number of carbonyl (C=O) groups is 1. The number of hydrogen-bond acceptors (Lipinski definition) is 4. The number of carbonyl (C=O) groups excluding carboxylic acids is 1. The standard InChI is InChI=1S/C12H10FN3O/c13-9-3-1-8(2-4-9)11-10(7-17)16-6-5-14-12(16)15-11/h1-7,10,12,14H. The van der Waals surface area contributed by atoms with Crippen molar-refractivity contribution in [1.82, 2.24) is 10.2 Å². The highest BCUT2D eigenvalue weighted by atomic mass is 19.1. The Kier molecular flexibility index (Phi) is 2.18. The molecule has 0 bridgehead atoms. The third-order valence-corrected chi connectivity index (χ3v) is 2.91. The molecular weight excluding hydrogens is 221 g/mol. The van der Waals surface area contributed by atoms with Crippen molar-refractivity contribution < 1.29 is 9.18 Å². The molecule has 2 atom stereocenters. The molecule has 3 rings (SSSR count). The Morgan fingerprint density at radius 1 is 1.35 bits per heavy atom. The van der Waals surface area contributed by atoms with E-state index in [0.717, 1.165) is 11.8 Å². The van der Waals surface area contributed by atoms with Gasteiger partial charge in [-0.2, -0.15) is 0 Å². The van der Waals surface area contributed by atoms with Gasteiger partial charge in [-0.05, 0) is 17.7 Å². The molecule has 0 fully saturated rings. The molecule has 1 aromatic carbocycles. The normalized spacial score (nSPS) is 25.5. The minimum Gasteiger partial charge on any atom is -0.352 e. The van der Waals surface area contributed by atoms with E-state index in [1.807, 2.05) is 4.90 Å². The maximum atomic E-state index is 12.8. The molecule has 4 nitrogen and oxygen atoms in total. The first-order valence-electron chi connectivity index (χ1n) is 5.29. The number of rotatable bonds is 2. The maximum absolute atomic E-state index is 12.8. The van der Waals surface area contributed by atoms with Crippen LogP contribution in [0.3, 0.4) is 0 Å². The van der Waals surface area contributed by atoms with Gasteiger partial charge in [0.15, 0.2) is 6.29 Å². The Morgan fingerprint density at radius 2 is 2.12 bits per heavy atom. The van der Waals surface area contributed by atoms with Gasteiger partial charge in [0, 0.05) is 12.4 Å². The lowest BCUT2D eigenvalue weighted by molar-refractivity contribution is -0.109. The fraction of sp³-hybridized carbons (Fsp3) is 0.167. The summed E-state index contributed by atoms with van der Waals surface area (Å²) in [4.78, 5) is 17.4. The predicted octanol–water partition coefficient (Wildman–Crippen LogP) is 0.856. The topological polar surface area (TPSA) is 44.7 Å². The number of aldehydes is 1. The van der Waals surface area contributed by atoms with Gasteiger partial charge >= 0.3 is 0 Å². The highest BCUT2D eigenvalue weighted by Crippen LogP contribution is 2.22. The summed E-state index contributed by atoms with van der Waals surface area (Å²) >= 11 is 0. The van der Waals surface area contributed by atoms with Gasteiger partial charge in [0.2, 0.25) is 0 Å². The van der Waals surface area contributed by atoms with Crippen LogP contribution in [-0.4, -0.2) is 29.2 Å². The molecule has 0 aromatic heterocycles. The molecule has 0 saturated heterocycles. The summed E-state index contributed by atoms with van der Waals surface area (Å²) < 4.78 is 12.8. The first-order valence-corrected chi connectivity index (χ1v) is 5.29. The Bertz CT molecular complexity index is 509. The SMILES string of the molecule is O=CC1C(c2ccc(F)cc2)=NC2NC=CN21. The molecular formula is C12H10FN3O. The van der Waals surface area contributed by atoms with Gasteiger partial charge in [0.25, 0.3) is 0 Å². The number of benzene rings is 1. The molecule has 0 radical (unpaired) electrons. The van der Waals surface area contributed by atoms with Gasteiger partial charge in [0.1, 0.15) is 18.1 Å². The van der Waals surface area contributed by atoms with Gasteiger partial charge in [-0.1, -0.05) is 12.1 Å². The lowest BCUT2D eigenvalue weighted by Crippen LogP contribution is -2.38. The minimum atomic E-state index is -0.406. The third kappa shape index (κ3) is 1.51. The van der Waals surface area contributed by atoms with Crippen molar-refractivity contribution in [3.63, 3.8) is 0 Å². The van der Waals surface area contributed by atoms with Crippen LogP contribution in [0.15, 0.2) is 41.7 Å². The van der Waals surface area contributed by atoms with E-state index in [2.05, 4.69) is 10.3 Å². The zero-order valence-corrected chi connectivity index (χ0v) is 8.88. The monoisotopic (exact) mass is 231 g/mol. The van der Waals surface area contributed by atoms with E-state index < -0.39 is 6.04 Å². The summed E-state index contributed by atoms with van der Waals surface area (Å²) in [5, 5.41) is 3.02. The number of hydrogen-bond donors (Lipinski definition) is 1. The van der Waals surface area contributed by atoms with Crippen LogP contribution < -0.4 is 5.32 Å². The minimum absolute atomic E-state index is 0.217. The second kappa shape index (κ2) is 3.69. The van der Waals surface area contributed by atoms with Crippen LogP contribution in [0.4, 0.5) is 4.39 Å². The van der Waals surface area contributed by atoms with Crippen LogP contribution in [0.1, 0.15) is 5.56 Å². The molecule has 0 amide bonds. The smallest absolute Gasteiger partial charge is 0.197 e. The van der Waals surface area contributed by atoms with Crippen LogP contribution in [-0.2, 0) is 4.79 Å². The van der Waals surface area contributed by atoms with Crippen molar-refractivity contribution >= 4 is 12.0 Å². The molecule has 1 N–H and O–H groups in total. The summed E-state index contributed by atoms with van der Waals surface area (Å²) in [6.07, 6.45) is 4.18. The fourth-order valence-electron chi connectivity index (χ4n) is 2.08. The Balaban J connectivity index is 1.97. The van der Waals surface area contributed by atoms with E-state index in [1.165, 1.54) is 12.1 Å². The van der Waals surface area contributed by atoms with Crippen molar-refractivity contribution in [3.05, 3.63) is 48.0 Å². The van der Waals surface area contributed by atoms with E-state index in [4.69, 9.17) is 0 Å². The van der Waals surface area contributed by atoms with Crippen LogP contribution >= 0.6 is 0 Å². The Labute approximate surface area is 97.5 Å². The van der Waals surface area contributed by atoms with Crippen LogP contribution in [0.25, 0.3) is 0 Å². The molecule has 17 heavy (non-hydrogen) atoms. The predicted molar refractivity (Wildman–Crippen MR) is 60.7 cm³/mol. The van der Waals surface area contributed by atoms with Crippen molar-refractivity contribution in [2.24, 2.45) is 4.99 Å². The highest BCUT2D eigenvalue weighted by Gasteiger charge is 2.36. The van der Waals surface area contributed by atoms with Crippen LogP contribution in [0, 0.1) is 5.82 Å². The number of aliphatic imine (C=N–C) groups is 1. The average Bonchev–Trinajstić information content (AvgIpc) is 2.89. The third-order valence-electron chi connectivity index (χ3n) is 2.91. The van der Waals surface area contributed by atoms with E-state index in [1.54, 1.807) is 24.5 Å². The van der Waals surface area contributed by atoms with Gasteiger partial charge < -0.3 is 15.0 Å². The van der Waals surface area contributed by atoms with Gasteiger partial charge in [-0.3, -0.25) is 0 Å². The van der Waals surface area contributed by atoms with E-state index in [-0.39, 0.29) is 12.1 Å². The van der Waals surface area contributed by atoms with Crippen molar-refractivity contribution in [1.29, 1.82) is 0 Å². The molecule has 0 spiro atoms. The zero-order valence-electron chi connectivity index (χ0n) is 8.88. The molecule has 2 aliphatic heterocycles. The number of fused-ring (bicyclic) bond motifs is 1. The van der Waals surface area contributed by atoms with Gasteiger partial charge in [0.05, 0.1) is 5.71 Å². The zero-order chi connectivity index (χ0) is 11.8. The average molecular weight is 231 g/mol. The number of nitrogens with one attached hydrogen (secondary N) is 1. The molecule has 5 heteroatoms. The first-order chi connectivity index (χ1) is 8.29. The van der Waals surface area contributed by atoms with Gasteiger partial charge in [-0.15, -0.1) is 0 Å². The summed E-state index contributed by atoms with van der Waals surface area (Å²) in [5.74, 6) is -0.298. The Morgan fingerprint density at radius 3 is 2.82 bits per heavy atom. The lowest BCUT2D eigenvalue weighted by Gasteiger charge is -2.19. The lowest BCUT2D eigenvalue weighted by atomic mass is 10.0. The molecule has 86 valence electrons. The maximum Gasteiger partial charge on any atom is 0.197 e. The summed E-state index contributed by atoms with van der Waals surface area (Å²) in [5.41, 5.74) is 1.44.